The van der Waals surface area contributed by atoms with Crippen molar-refractivity contribution in [2.24, 2.45) is 0 Å². The van der Waals surface area contributed by atoms with Gasteiger partial charge in [0.15, 0.2) is 0 Å². The normalized spacial score (nSPS) is 12.7. The number of carbonyl (C=O) groups is 1. The first-order valence-electron chi connectivity index (χ1n) is 5.16. The highest BCUT2D eigenvalue weighted by atomic mass is 16.5. The average molecular weight is 204 g/mol. The van der Waals surface area contributed by atoms with E-state index in [4.69, 9.17) is 4.74 Å². The summed E-state index contributed by atoms with van der Waals surface area (Å²) in [5.74, 6) is -0.284. The summed E-state index contributed by atoms with van der Waals surface area (Å²) in [6, 6.07) is 9.67. The van der Waals surface area contributed by atoms with Gasteiger partial charge in [0, 0.05) is 6.08 Å². The molecule has 2 nitrogen and oxygen atoms in total. The van der Waals surface area contributed by atoms with Crippen molar-refractivity contribution in [2.45, 2.75) is 26.4 Å². The molecule has 0 aliphatic carbocycles. The van der Waals surface area contributed by atoms with Crippen molar-refractivity contribution >= 4 is 12.0 Å². The van der Waals surface area contributed by atoms with Gasteiger partial charge in [-0.25, -0.2) is 4.79 Å². The van der Waals surface area contributed by atoms with Crippen LogP contribution in [0.2, 0.25) is 0 Å². The first kappa shape index (κ1) is 11.5. The largest absolute Gasteiger partial charge is 0.460 e. The fourth-order valence-corrected chi connectivity index (χ4v) is 1.05. The number of hydrogen-bond donors (Lipinski definition) is 0. The molecule has 80 valence electrons. The topological polar surface area (TPSA) is 26.3 Å². The van der Waals surface area contributed by atoms with Gasteiger partial charge in [-0.05, 0) is 25.0 Å². The molecular weight excluding hydrogens is 188 g/mol. The molecule has 1 atom stereocenters. The van der Waals surface area contributed by atoms with E-state index in [9.17, 15) is 4.79 Å². The lowest BCUT2D eigenvalue weighted by atomic mass is 10.2. The van der Waals surface area contributed by atoms with E-state index in [2.05, 4.69) is 0 Å². The van der Waals surface area contributed by atoms with Gasteiger partial charge in [0.2, 0.25) is 0 Å². The average Bonchev–Trinajstić information content (AvgIpc) is 2.27. The van der Waals surface area contributed by atoms with E-state index in [1.165, 1.54) is 6.08 Å². The van der Waals surface area contributed by atoms with Gasteiger partial charge in [-0.1, -0.05) is 37.3 Å². The Kier molecular flexibility index (Phi) is 4.61. The Morgan fingerprint density at radius 1 is 1.40 bits per heavy atom. The molecule has 2 heteroatoms. The summed E-state index contributed by atoms with van der Waals surface area (Å²) in [4.78, 5) is 11.3. The lowest BCUT2D eigenvalue weighted by molar-refractivity contribution is -0.142. The Morgan fingerprint density at radius 2 is 2.07 bits per heavy atom. The molecule has 0 aromatic heterocycles. The number of carbonyl (C=O) groups excluding carboxylic acids is 1. The Morgan fingerprint density at radius 3 is 2.67 bits per heavy atom. The van der Waals surface area contributed by atoms with Gasteiger partial charge in [0.1, 0.15) is 0 Å². The maximum atomic E-state index is 11.3. The summed E-state index contributed by atoms with van der Waals surface area (Å²) in [5, 5.41) is 0. The van der Waals surface area contributed by atoms with Crippen LogP contribution in [-0.4, -0.2) is 12.1 Å². The Bertz CT molecular complexity index is 328. The third-order valence-electron chi connectivity index (χ3n) is 2.10. The third-order valence-corrected chi connectivity index (χ3v) is 2.10. The van der Waals surface area contributed by atoms with Gasteiger partial charge < -0.3 is 4.74 Å². The minimum atomic E-state index is -0.284. The number of hydrogen-bond acceptors (Lipinski definition) is 2. The van der Waals surface area contributed by atoms with Crippen molar-refractivity contribution in [1.29, 1.82) is 0 Å². The minimum Gasteiger partial charge on any atom is -0.460 e. The second-order valence-electron chi connectivity index (χ2n) is 3.40. The van der Waals surface area contributed by atoms with Crippen LogP contribution in [0.15, 0.2) is 36.4 Å². The maximum absolute atomic E-state index is 11.3. The van der Waals surface area contributed by atoms with Crippen molar-refractivity contribution in [3.8, 4) is 0 Å². The predicted octanol–water partition coefficient (Wildman–Crippen LogP) is 3.04. The first-order chi connectivity index (χ1) is 7.22. The van der Waals surface area contributed by atoms with Crippen molar-refractivity contribution < 1.29 is 9.53 Å². The standard InChI is InChI=1S/C13H16O2/c1-3-11(2)15-13(14)10-9-12-7-5-4-6-8-12/h4-11H,3H2,1-2H3. The van der Waals surface area contributed by atoms with Crippen molar-refractivity contribution in [3.63, 3.8) is 0 Å². The molecule has 0 saturated heterocycles. The van der Waals surface area contributed by atoms with E-state index in [1.54, 1.807) is 6.08 Å². The highest BCUT2D eigenvalue weighted by molar-refractivity contribution is 5.87. The van der Waals surface area contributed by atoms with Crippen molar-refractivity contribution in [1.82, 2.24) is 0 Å². The molecular formula is C13H16O2. The summed E-state index contributed by atoms with van der Waals surface area (Å²) < 4.78 is 5.10. The molecule has 0 heterocycles. The van der Waals surface area contributed by atoms with Crippen LogP contribution in [0, 0.1) is 0 Å². The number of esters is 1. The first-order valence-corrected chi connectivity index (χ1v) is 5.16. The molecule has 0 spiro atoms. The summed E-state index contributed by atoms with van der Waals surface area (Å²) in [7, 11) is 0. The Hall–Kier alpha value is -1.57. The number of rotatable bonds is 4. The lowest BCUT2D eigenvalue weighted by Crippen LogP contribution is -2.11. The fourth-order valence-electron chi connectivity index (χ4n) is 1.05. The molecule has 15 heavy (non-hydrogen) atoms. The smallest absolute Gasteiger partial charge is 0.331 e. The molecule has 1 aromatic carbocycles. The van der Waals surface area contributed by atoms with Crippen LogP contribution in [0.4, 0.5) is 0 Å². The third kappa shape index (κ3) is 4.45. The summed E-state index contributed by atoms with van der Waals surface area (Å²) >= 11 is 0. The molecule has 1 aromatic rings. The van der Waals surface area contributed by atoms with E-state index in [1.807, 2.05) is 44.2 Å². The Labute approximate surface area is 90.6 Å². The van der Waals surface area contributed by atoms with E-state index >= 15 is 0 Å². The fraction of sp³-hybridized carbons (Fsp3) is 0.308. The van der Waals surface area contributed by atoms with E-state index in [0.717, 1.165) is 12.0 Å². The lowest BCUT2D eigenvalue weighted by Gasteiger charge is -2.07. The van der Waals surface area contributed by atoms with Crippen LogP contribution in [0.25, 0.3) is 6.08 Å². The molecule has 0 saturated carbocycles. The molecule has 1 unspecified atom stereocenters. The van der Waals surface area contributed by atoms with Gasteiger partial charge in [-0.15, -0.1) is 0 Å². The van der Waals surface area contributed by atoms with Crippen LogP contribution < -0.4 is 0 Å². The molecule has 0 N–H and O–H groups in total. The molecule has 0 aliphatic heterocycles. The molecule has 0 bridgehead atoms. The van der Waals surface area contributed by atoms with Gasteiger partial charge in [-0.2, -0.15) is 0 Å². The van der Waals surface area contributed by atoms with Crippen LogP contribution in [-0.2, 0) is 9.53 Å². The monoisotopic (exact) mass is 204 g/mol. The van der Waals surface area contributed by atoms with Crippen molar-refractivity contribution in [2.75, 3.05) is 0 Å². The zero-order valence-electron chi connectivity index (χ0n) is 9.14. The second kappa shape index (κ2) is 6.02. The van der Waals surface area contributed by atoms with Crippen LogP contribution in [0.1, 0.15) is 25.8 Å². The van der Waals surface area contributed by atoms with Crippen molar-refractivity contribution in [3.05, 3.63) is 42.0 Å². The molecule has 0 amide bonds. The van der Waals surface area contributed by atoms with Gasteiger partial charge in [0.05, 0.1) is 6.10 Å². The highest BCUT2D eigenvalue weighted by Gasteiger charge is 2.02. The summed E-state index contributed by atoms with van der Waals surface area (Å²) in [6.07, 6.45) is 4.04. The van der Waals surface area contributed by atoms with E-state index < -0.39 is 0 Å². The van der Waals surface area contributed by atoms with E-state index in [0.29, 0.717) is 0 Å². The number of benzene rings is 1. The zero-order valence-corrected chi connectivity index (χ0v) is 9.14. The molecule has 1 rings (SSSR count). The molecule has 0 fully saturated rings. The maximum Gasteiger partial charge on any atom is 0.331 e. The molecule has 0 aliphatic rings. The van der Waals surface area contributed by atoms with Gasteiger partial charge in [-0.3, -0.25) is 0 Å². The van der Waals surface area contributed by atoms with Crippen LogP contribution >= 0.6 is 0 Å². The number of ether oxygens (including phenoxy) is 1. The van der Waals surface area contributed by atoms with E-state index in [-0.39, 0.29) is 12.1 Å². The van der Waals surface area contributed by atoms with Gasteiger partial charge in [0.25, 0.3) is 0 Å². The summed E-state index contributed by atoms with van der Waals surface area (Å²) in [5.41, 5.74) is 0.999. The van der Waals surface area contributed by atoms with Crippen LogP contribution in [0.3, 0.4) is 0 Å². The summed E-state index contributed by atoms with van der Waals surface area (Å²) in [6.45, 7) is 3.87. The molecule has 0 radical (unpaired) electrons. The zero-order chi connectivity index (χ0) is 11.1. The predicted molar refractivity (Wildman–Crippen MR) is 61.3 cm³/mol. The van der Waals surface area contributed by atoms with Crippen LogP contribution in [0.5, 0.6) is 0 Å². The SMILES string of the molecule is CCC(C)OC(=O)C=Cc1ccccc1. The minimum absolute atomic E-state index is 0.0158. The highest BCUT2D eigenvalue weighted by Crippen LogP contribution is 2.02. The Balaban J connectivity index is 2.48. The quantitative estimate of drug-likeness (QED) is 0.556. The van der Waals surface area contributed by atoms with Gasteiger partial charge >= 0.3 is 5.97 Å². The second-order valence-corrected chi connectivity index (χ2v) is 3.40.